The average Bonchev–Trinajstić information content (AvgIpc) is 2.69. The predicted molar refractivity (Wildman–Crippen MR) is 94.5 cm³/mol. The number of carbonyl (C=O) groups excluding carboxylic acids is 1. The Morgan fingerprint density at radius 2 is 2.00 bits per heavy atom. The Labute approximate surface area is 158 Å². The van der Waals surface area contributed by atoms with Crippen LogP contribution in [-0.2, 0) is 23.7 Å². The highest BCUT2D eigenvalue weighted by Crippen LogP contribution is 2.35. The second kappa shape index (κ2) is 8.64. The fraction of sp³-hybridized carbons (Fsp3) is 0.632. The van der Waals surface area contributed by atoms with Gasteiger partial charge in [-0.15, -0.1) is 0 Å². The smallest absolute Gasteiger partial charge is 0.323 e. The molecule has 2 aliphatic rings. The van der Waals surface area contributed by atoms with Crippen molar-refractivity contribution in [3.63, 3.8) is 0 Å². The minimum atomic E-state index is -1.27. The van der Waals surface area contributed by atoms with Gasteiger partial charge >= 0.3 is 5.97 Å². The SMILES string of the molecule is CC(C)[C@@H](N)C(=O)O[C@H]1[C@H](O)[C@@H](CO)O[C@H]2OC[C@H](c3ccccc3)O[C@@H]21. The van der Waals surface area contributed by atoms with E-state index in [1.54, 1.807) is 13.8 Å². The Morgan fingerprint density at radius 3 is 2.63 bits per heavy atom. The number of hydrogen-bond donors (Lipinski definition) is 3. The zero-order valence-electron chi connectivity index (χ0n) is 15.4. The Hall–Kier alpha value is -1.55. The third-order valence-corrected chi connectivity index (χ3v) is 4.95. The number of hydrogen-bond acceptors (Lipinski definition) is 8. The van der Waals surface area contributed by atoms with Crippen LogP contribution in [-0.4, -0.2) is 66.1 Å². The molecule has 2 saturated heterocycles. The fourth-order valence-electron chi connectivity index (χ4n) is 3.19. The molecular weight excluding hydrogens is 354 g/mol. The van der Waals surface area contributed by atoms with E-state index in [2.05, 4.69) is 0 Å². The summed E-state index contributed by atoms with van der Waals surface area (Å²) in [5.74, 6) is -0.767. The number of esters is 1. The lowest BCUT2D eigenvalue weighted by Gasteiger charge is -2.47. The van der Waals surface area contributed by atoms with Crippen LogP contribution in [0.5, 0.6) is 0 Å². The molecule has 0 aromatic heterocycles. The molecule has 7 atom stereocenters. The molecule has 0 spiro atoms. The molecule has 0 amide bonds. The maximum atomic E-state index is 12.4. The lowest BCUT2D eigenvalue weighted by atomic mass is 9.96. The van der Waals surface area contributed by atoms with Gasteiger partial charge in [-0.05, 0) is 11.5 Å². The molecule has 8 heteroatoms. The molecule has 0 saturated carbocycles. The van der Waals surface area contributed by atoms with E-state index in [4.69, 9.17) is 24.7 Å². The van der Waals surface area contributed by atoms with Gasteiger partial charge in [-0.1, -0.05) is 44.2 Å². The number of nitrogens with two attached hydrogens (primary N) is 1. The number of aliphatic hydroxyl groups is 2. The Balaban J connectivity index is 1.80. The average molecular weight is 381 g/mol. The molecule has 2 heterocycles. The summed E-state index contributed by atoms with van der Waals surface area (Å²) < 4.78 is 22.9. The lowest BCUT2D eigenvalue weighted by Crippen LogP contribution is -2.63. The molecule has 0 unspecified atom stereocenters. The summed E-state index contributed by atoms with van der Waals surface area (Å²) >= 11 is 0. The molecule has 27 heavy (non-hydrogen) atoms. The number of ether oxygens (including phenoxy) is 4. The first-order valence-corrected chi connectivity index (χ1v) is 9.14. The monoisotopic (exact) mass is 381 g/mol. The molecule has 4 N–H and O–H groups in total. The van der Waals surface area contributed by atoms with Crippen LogP contribution in [0.2, 0.25) is 0 Å². The first kappa shape index (κ1) is 20.2. The lowest BCUT2D eigenvalue weighted by molar-refractivity contribution is -0.351. The molecule has 0 bridgehead atoms. The summed E-state index contributed by atoms with van der Waals surface area (Å²) in [7, 11) is 0. The number of aliphatic hydroxyl groups excluding tert-OH is 2. The van der Waals surface area contributed by atoms with Gasteiger partial charge in [-0.3, -0.25) is 4.79 Å². The summed E-state index contributed by atoms with van der Waals surface area (Å²) in [6.45, 7) is 3.40. The van der Waals surface area contributed by atoms with E-state index in [1.807, 2.05) is 30.3 Å². The van der Waals surface area contributed by atoms with E-state index in [9.17, 15) is 15.0 Å². The molecule has 2 fully saturated rings. The second-order valence-corrected chi connectivity index (χ2v) is 7.22. The van der Waals surface area contributed by atoms with E-state index in [0.717, 1.165) is 5.56 Å². The first-order valence-electron chi connectivity index (χ1n) is 9.14. The van der Waals surface area contributed by atoms with Crippen molar-refractivity contribution in [1.29, 1.82) is 0 Å². The standard InChI is InChI=1S/C19H27NO7/c1-10(2)14(20)18(23)27-16-15(22)12(8-21)26-19-17(16)25-13(9-24-19)11-6-4-3-5-7-11/h3-7,10,12-17,19,21-22H,8-9,20H2,1-2H3/t12-,13-,14-,15-,16+,17-,19-/m1/s1. The van der Waals surface area contributed by atoms with Crippen molar-refractivity contribution >= 4 is 5.97 Å². The molecule has 0 aliphatic carbocycles. The summed E-state index contributed by atoms with van der Waals surface area (Å²) in [6, 6.07) is 8.64. The van der Waals surface area contributed by atoms with Crippen molar-refractivity contribution in [3.05, 3.63) is 35.9 Å². The zero-order valence-corrected chi connectivity index (χ0v) is 15.4. The van der Waals surface area contributed by atoms with E-state index in [-0.39, 0.29) is 12.5 Å². The van der Waals surface area contributed by atoms with Crippen LogP contribution in [0.15, 0.2) is 30.3 Å². The van der Waals surface area contributed by atoms with Crippen LogP contribution in [0.25, 0.3) is 0 Å². The van der Waals surface area contributed by atoms with Crippen molar-refractivity contribution in [1.82, 2.24) is 0 Å². The van der Waals surface area contributed by atoms with E-state index in [1.165, 1.54) is 0 Å². The molecule has 2 aliphatic heterocycles. The minimum Gasteiger partial charge on any atom is -0.455 e. The third kappa shape index (κ3) is 4.31. The summed E-state index contributed by atoms with van der Waals surface area (Å²) in [5.41, 5.74) is 6.77. The maximum Gasteiger partial charge on any atom is 0.323 e. The van der Waals surface area contributed by atoms with Gasteiger partial charge in [0.25, 0.3) is 0 Å². The fourth-order valence-corrected chi connectivity index (χ4v) is 3.19. The molecule has 3 rings (SSSR count). The predicted octanol–water partition coefficient (Wildman–Crippen LogP) is 0.116. The largest absolute Gasteiger partial charge is 0.455 e. The summed E-state index contributed by atoms with van der Waals surface area (Å²) in [4.78, 5) is 12.4. The first-order chi connectivity index (χ1) is 12.9. The van der Waals surface area contributed by atoms with E-state index in [0.29, 0.717) is 0 Å². The van der Waals surface area contributed by atoms with Crippen LogP contribution < -0.4 is 5.73 Å². The van der Waals surface area contributed by atoms with Gasteiger partial charge in [0.1, 0.15) is 30.5 Å². The number of carbonyl (C=O) groups is 1. The highest BCUT2D eigenvalue weighted by molar-refractivity contribution is 5.76. The van der Waals surface area contributed by atoms with Crippen molar-refractivity contribution in [2.75, 3.05) is 13.2 Å². The van der Waals surface area contributed by atoms with Gasteiger partial charge in [0.05, 0.1) is 13.2 Å². The molecule has 0 radical (unpaired) electrons. The van der Waals surface area contributed by atoms with Crippen LogP contribution >= 0.6 is 0 Å². The number of rotatable bonds is 5. The summed E-state index contributed by atoms with van der Waals surface area (Å²) in [5, 5.41) is 20.0. The van der Waals surface area contributed by atoms with Gasteiger partial charge in [0, 0.05) is 0 Å². The molecule has 1 aromatic rings. The molecular formula is C19H27NO7. The van der Waals surface area contributed by atoms with Crippen LogP contribution in [0, 0.1) is 5.92 Å². The van der Waals surface area contributed by atoms with Gasteiger partial charge in [-0.25, -0.2) is 0 Å². The van der Waals surface area contributed by atoms with Gasteiger partial charge < -0.3 is 34.9 Å². The topological polar surface area (TPSA) is 120 Å². The molecule has 1 aromatic carbocycles. The van der Waals surface area contributed by atoms with Crippen LogP contribution in [0.3, 0.4) is 0 Å². The Morgan fingerprint density at radius 1 is 1.30 bits per heavy atom. The Bertz CT molecular complexity index is 626. The minimum absolute atomic E-state index is 0.125. The van der Waals surface area contributed by atoms with Gasteiger partial charge in [0.2, 0.25) is 0 Å². The summed E-state index contributed by atoms with van der Waals surface area (Å²) in [6.07, 6.45) is -5.38. The van der Waals surface area contributed by atoms with Crippen molar-refractivity contribution < 1.29 is 34.0 Å². The van der Waals surface area contributed by atoms with E-state index >= 15 is 0 Å². The maximum absolute atomic E-state index is 12.4. The van der Waals surface area contributed by atoms with Gasteiger partial charge in [-0.2, -0.15) is 0 Å². The van der Waals surface area contributed by atoms with Crippen LogP contribution in [0.1, 0.15) is 25.5 Å². The Kier molecular flexibility index (Phi) is 6.46. The van der Waals surface area contributed by atoms with E-state index < -0.39 is 55.4 Å². The van der Waals surface area contributed by atoms with Crippen LogP contribution in [0.4, 0.5) is 0 Å². The quantitative estimate of drug-likeness (QED) is 0.615. The third-order valence-electron chi connectivity index (χ3n) is 4.95. The second-order valence-electron chi connectivity index (χ2n) is 7.22. The normalized spacial score (nSPS) is 34.7. The number of benzene rings is 1. The molecule has 8 nitrogen and oxygen atoms in total. The highest BCUT2D eigenvalue weighted by atomic mass is 16.7. The van der Waals surface area contributed by atoms with Gasteiger partial charge in [0.15, 0.2) is 12.4 Å². The molecule has 150 valence electrons. The van der Waals surface area contributed by atoms with Crippen molar-refractivity contribution in [2.45, 2.75) is 56.7 Å². The zero-order chi connectivity index (χ0) is 19.6. The number of fused-ring (bicyclic) bond motifs is 1. The van der Waals surface area contributed by atoms with Crippen molar-refractivity contribution in [2.24, 2.45) is 11.7 Å². The highest BCUT2D eigenvalue weighted by Gasteiger charge is 2.51. The van der Waals surface area contributed by atoms with Crippen molar-refractivity contribution in [3.8, 4) is 0 Å².